The van der Waals surface area contributed by atoms with E-state index in [-0.39, 0.29) is 10.9 Å². The molecule has 16 heavy (non-hydrogen) atoms. The molecule has 2 rings (SSSR count). The fourth-order valence-electron chi connectivity index (χ4n) is 2.15. The van der Waals surface area contributed by atoms with Crippen molar-refractivity contribution in [2.24, 2.45) is 5.14 Å². The number of sulfonamides is 1. The molecule has 1 saturated heterocycles. The summed E-state index contributed by atoms with van der Waals surface area (Å²) in [6, 6.07) is 5.40. The predicted octanol–water partition coefficient (Wildman–Crippen LogP) is 1.07. The van der Waals surface area contributed by atoms with Gasteiger partial charge in [0.1, 0.15) is 0 Å². The van der Waals surface area contributed by atoms with Crippen molar-refractivity contribution < 1.29 is 8.42 Å². The van der Waals surface area contributed by atoms with Crippen molar-refractivity contribution in [1.29, 1.82) is 0 Å². The largest absolute Gasteiger partial charge is 0.310 e. The molecule has 5 heteroatoms. The van der Waals surface area contributed by atoms with Crippen molar-refractivity contribution >= 4 is 10.0 Å². The highest BCUT2D eigenvalue weighted by atomic mass is 32.2. The molecule has 1 fully saturated rings. The van der Waals surface area contributed by atoms with Crippen LogP contribution in [0.15, 0.2) is 23.1 Å². The Morgan fingerprint density at radius 1 is 1.44 bits per heavy atom. The maximum atomic E-state index is 11.5. The van der Waals surface area contributed by atoms with E-state index in [1.54, 1.807) is 12.1 Å². The molecule has 0 spiro atoms. The van der Waals surface area contributed by atoms with E-state index in [1.807, 2.05) is 13.0 Å². The third-order valence-electron chi connectivity index (χ3n) is 2.91. The minimum Gasteiger partial charge on any atom is -0.310 e. The van der Waals surface area contributed by atoms with Gasteiger partial charge in [0.2, 0.25) is 10.0 Å². The molecule has 0 bridgehead atoms. The third-order valence-corrected chi connectivity index (χ3v) is 3.89. The highest BCUT2D eigenvalue weighted by molar-refractivity contribution is 7.89. The van der Waals surface area contributed by atoms with Crippen LogP contribution in [0.1, 0.15) is 30.0 Å². The third kappa shape index (κ3) is 2.26. The van der Waals surface area contributed by atoms with Crippen LogP contribution in [0.5, 0.6) is 0 Å². The summed E-state index contributed by atoms with van der Waals surface area (Å²) in [4.78, 5) is 0.248. The van der Waals surface area contributed by atoms with Gasteiger partial charge >= 0.3 is 0 Å². The Balaban J connectivity index is 2.52. The van der Waals surface area contributed by atoms with Gasteiger partial charge in [-0.2, -0.15) is 0 Å². The smallest absolute Gasteiger partial charge is 0.238 e. The molecular formula is C11H16N2O2S. The monoisotopic (exact) mass is 240 g/mol. The quantitative estimate of drug-likeness (QED) is 0.812. The van der Waals surface area contributed by atoms with Crippen LogP contribution in [0, 0.1) is 6.92 Å². The molecule has 0 aliphatic carbocycles. The molecule has 1 unspecified atom stereocenters. The molecule has 3 N–H and O–H groups in total. The van der Waals surface area contributed by atoms with Crippen molar-refractivity contribution in [2.75, 3.05) is 6.54 Å². The van der Waals surface area contributed by atoms with Crippen LogP contribution >= 0.6 is 0 Å². The Morgan fingerprint density at radius 3 is 2.75 bits per heavy atom. The van der Waals surface area contributed by atoms with Crippen LogP contribution < -0.4 is 10.5 Å². The molecule has 1 aromatic rings. The van der Waals surface area contributed by atoms with E-state index in [4.69, 9.17) is 5.14 Å². The maximum Gasteiger partial charge on any atom is 0.238 e. The molecule has 1 atom stereocenters. The standard InChI is InChI=1S/C11H16N2O2S/c1-8-4-5-11(16(12,14)15)9(7-8)10-3-2-6-13-10/h4-5,7,10,13H,2-3,6H2,1H3,(H2,12,14,15). The van der Waals surface area contributed by atoms with Crippen LogP contribution in [0.3, 0.4) is 0 Å². The number of primary sulfonamides is 1. The molecule has 88 valence electrons. The van der Waals surface area contributed by atoms with E-state index < -0.39 is 10.0 Å². The number of rotatable bonds is 2. The number of nitrogens with two attached hydrogens (primary N) is 1. The first-order chi connectivity index (χ1) is 7.48. The fourth-order valence-corrected chi connectivity index (χ4v) is 2.94. The number of nitrogens with one attached hydrogen (secondary N) is 1. The Labute approximate surface area is 95.9 Å². The van der Waals surface area contributed by atoms with Crippen LogP contribution in [0.4, 0.5) is 0 Å². The average Bonchev–Trinajstić information content (AvgIpc) is 2.68. The zero-order valence-corrected chi connectivity index (χ0v) is 10.0. The first-order valence-corrected chi connectivity index (χ1v) is 6.90. The summed E-state index contributed by atoms with van der Waals surface area (Å²) in [5.41, 5.74) is 1.86. The highest BCUT2D eigenvalue weighted by Crippen LogP contribution is 2.28. The minimum atomic E-state index is -3.63. The molecule has 4 nitrogen and oxygen atoms in total. The van der Waals surface area contributed by atoms with Gasteiger partial charge in [0, 0.05) is 6.04 Å². The highest BCUT2D eigenvalue weighted by Gasteiger charge is 2.23. The van der Waals surface area contributed by atoms with Gasteiger partial charge in [-0.1, -0.05) is 17.7 Å². The van der Waals surface area contributed by atoms with Crippen LogP contribution in [-0.2, 0) is 10.0 Å². The Bertz CT molecular complexity index is 491. The molecular weight excluding hydrogens is 224 g/mol. The van der Waals surface area contributed by atoms with E-state index in [9.17, 15) is 8.42 Å². The summed E-state index contributed by atoms with van der Waals surface area (Å²) in [6.07, 6.45) is 2.04. The van der Waals surface area contributed by atoms with E-state index >= 15 is 0 Å². The summed E-state index contributed by atoms with van der Waals surface area (Å²) < 4.78 is 22.9. The second kappa shape index (κ2) is 4.16. The predicted molar refractivity (Wildman–Crippen MR) is 62.5 cm³/mol. The van der Waals surface area contributed by atoms with Gasteiger partial charge in [0.05, 0.1) is 4.90 Å². The average molecular weight is 240 g/mol. The Hall–Kier alpha value is -0.910. The first-order valence-electron chi connectivity index (χ1n) is 5.35. The van der Waals surface area contributed by atoms with E-state index in [2.05, 4.69) is 5.32 Å². The molecule has 0 saturated carbocycles. The molecule has 0 aromatic heterocycles. The lowest BCUT2D eigenvalue weighted by atomic mass is 10.0. The van der Waals surface area contributed by atoms with Crippen molar-refractivity contribution in [3.63, 3.8) is 0 Å². The number of benzene rings is 1. The Kier molecular flexibility index (Phi) is 3.01. The van der Waals surface area contributed by atoms with Crippen LogP contribution in [-0.4, -0.2) is 15.0 Å². The van der Waals surface area contributed by atoms with Gasteiger partial charge in [0.25, 0.3) is 0 Å². The van der Waals surface area contributed by atoms with Crippen molar-refractivity contribution in [1.82, 2.24) is 5.32 Å². The normalized spacial score (nSPS) is 21.2. The minimum absolute atomic E-state index is 0.119. The lowest BCUT2D eigenvalue weighted by Gasteiger charge is -2.15. The van der Waals surface area contributed by atoms with Gasteiger partial charge < -0.3 is 5.32 Å². The number of hydrogen-bond acceptors (Lipinski definition) is 3. The van der Waals surface area contributed by atoms with Gasteiger partial charge in [0.15, 0.2) is 0 Å². The van der Waals surface area contributed by atoms with Crippen LogP contribution in [0.25, 0.3) is 0 Å². The van der Waals surface area contributed by atoms with Gasteiger partial charge in [-0.25, -0.2) is 13.6 Å². The van der Waals surface area contributed by atoms with E-state index in [1.165, 1.54) is 0 Å². The van der Waals surface area contributed by atoms with Crippen LogP contribution in [0.2, 0.25) is 0 Å². The van der Waals surface area contributed by atoms with Crippen molar-refractivity contribution in [2.45, 2.75) is 30.7 Å². The SMILES string of the molecule is Cc1ccc(S(N)(=O)=O)c(C2CCCN2)c1. The molecule has 0 radical (unpaired) electrons. The van der Waals surface area contributed by atoms with Gasteiger partial charge in [-0.05, 0) is 37.9 Å². The summed E-state index contributed by atoms with van der Waals surface area (Å²) in [5, 5.41) is 8.51. The summed E-state index contributed by atoms with van der Waals surface area (Å²) in [7, 11) is -3.63. The molecule has 1 aliphatic rings. The molecule has 0 amide bonds. The maximum absolute atomic E-state index is 11.5. The summed E-state index contributed by atoms with van der Waals surface area (Å²) >= 11 is 0. The zero-order chi connectivity index (χ0) is 11.8. The molecule has 1 aromatic carbocycles. The summed E-state index contributed by atoms with van der Waals surface area (Å²) in [6.45, 7) is 2.88. The number of aryl methyl sites for hydroxylation is 1. The lowest BCUT2D eigenvalue weighted by Crippen LogP contribution is -2.20. The van der Waals surface area contributed by atoms with Gasteiger partial charge in [-0.15, -0.1) is 0 Å². The van der Waals surface area contributed by atoms with Crippen molar-refractivity contribution in [3.8, 4) is 0 Å². The Morgan fingerprint density at radius 2 is 2.19 bits per heavy atom. The van der Waals surface area contributed by atoms with Gasteiger partial charge in [-0.3, -0.25) is 0 Å². The number of hydrogen-bond donors (Lipinski definition) is 2. The lowest BCUT2D eigenvalue weighted by molar-refractivity contribution is 0.588. The second-order valence-corrected chi connectivity index (χ2v) is 5.77. The topological polar surface area (TPSA) is 72.2 Å². The summed E-state index contributed by atoms with van der Waals surface area (Å²) in [5.74, 6) is 0. The fraction of sp³-hybridized carbons (Fsp3) is 0.455. The second-order valence-electron chi connectivity index (χ2n) is 4.24. The molecule has 1 aliphatic heterocycles. The van der Waals surface area contributed by atoms with Crippen molar-refractivity contribution in [3.05, 3.63) is 29.3 Å². The zero-order valence-electron chi connectivity index (χ0n) is 9.23. The molecule has 1 heterocycles. The van der Waals surface area contributed by atoms with E-state index in [0.717, 1.165) is 30.5 Å². The van der Waals surface area contributed by atoms with E-state index in [0.29, 0.717) is 0 Å². The first kappa shape index (κ1) is 11.6.